The number of aromatic nitrogens is 2. The van der Waals surface area contributed by atoms with Crippen LogP contribution in [-0.2, 0) is 0 Å². The van der Waals surface area contributed by atoms with Gasteiger partial charge in [-0.25, -0.2) is 4.39 Å². The molecule has 0 aliphatic carbocycles. The van der Waals surface area contributed by atoms with Crippen LogP contribution in [0.1, 0.15) is 0 Å². The fourth-order valence-electron chi connectivity index (χ4n) is 1.07. The number of anilines is 1. The number of nitrogens with one attached hydrogen (secondary N) is 1. The molecule has 0 saturated carbocycles. The molecule has 2 rings (SSSR count). The number of nitrogens with zero attached hydrogens (tertiary/aromatic N) is 1. The molecule has 0 amide bonds. The van der Waals surface area contributed by atoms with Gasteiger partial charge < -0.3 is 5.73 Å². The minimum absolute atomic E-state index is 0.341. The molecule has 0 spiro atoms. The Labute approximate surface area is 81.3 Å². The van der Waals surface area contributed by atoms with Gasteiger partial charge in [0.25, 0.3) is 0 Å². The number of hydrogen-bond donors (Lipinski definition) is 2. The Bertz CT molecular complexity index is 437. The molecule has 1 aromatic carbocycles. The monoisotopic (exact) mass is 277 g/mol. The number of nitrogen functional groups attached to an aromatic ring is 1. The van der Waals surface area contributed by atoms with E-state index in [0.29, 0.717) is 11.2 Å². The second kappa shape index (κ2) is 2.58. The third-order valence-corrected chi connectivity index (χ3v) is 2.41. The van der Waals surface area contributed by atoms with Gasteiger partial charge >= 0.3 is 0 Å². The second-order valence-corrected chi connectivity index (χ2v) is 3.52. The Morgan fingerprint density at radius 3 is 3.00 bits per heavy atom. The lowest BCUT2D eigenvalue weighted by Crippen LogP contribution is -1.86. The molecule has 0 aliphatic heterocycles. The van der Waals surface area contributed by atoms with Crippen molar-refractivity contribution in [2.24, 2.45) is 0 Å². The summed E-state index contributed by atoms with van der Waals surface area (Å²) in [6, 6.07) is 2.96. The molecule has 3 nitrogen and oxygen atoms in total. The van der Waals surface area contributed by atoms with Crippen molar-refractivity contribution in [3.8, 4) is 0 Å². The topological polar surface area (TPSA) is 54.7 Å². The quantitative estimate of drug-likeness (QED) is 0.570. The molecule has 0 unspecified atom stereocenters. The second-order valence-electron chi connectivity index (χ2n) is 2.44. The summed E-state index contributed by atoms with van der Waals surface area (Å²) in [7, 11) is 0. The molecule has 0 aliphatic rings. The van der Waals surface area contributed by atoms with Gasteiger partial charge in [0, 0.05) is 11.1 Å². The van der Waals surface area contributed by atoms with Crippen LogP contribution in [0, 0.1) is 9.52 Å². The van der Waals surface area contributed by atoms with E-state index < -0.39 is 0 Å². The first-order chi connectivity index (χ1) is 5.68. The normalized spacial score (nSPS) is 10.8. The number of aromatic amines is 1. The van der Waals surface area contributed by atoms with Gasteiger partial charge in [-0.1, -0.05) is 0 Å². The van der Waals surface area contributed by atoms with Gasteiger partial charge in [0.05, 0.1) is 0 Å². The molecule has 0 radical (unpaired) electrons. The summed E-state index contributed by atoms with van der Waals surface area (Å²) in [5.74, 6) is -0.385. The zero-order valence-corrected chi connectivity index (χ0v) is 8.09. The molecule has 0 bridgehead atoms. The highest BCUT2D eigenvalue weighted by Crippen LogP contribution is 2.22. The minimum Gasteiger partial charge on any atom is -0.399 e. The first-order valence-corrected chi connectivity index (χ1v) is 4.35. The smallest absolute Gasteiger partial charge is 0.153 e. The molecule has 0 fully saturated rings. The standard InChI is InChI=1S/C7H5FIN3/c8-5-2-3(10)1-4-6(5)11-12-7(4)9/h1-2H,10H2,(H,11,12). The molecule has 0 saturated heterocycles. The largest absolute Gasteiger partial charge is 0.399 e. The van der Waals surface area contributed by atoms with Crippen molar-refractivity contribution in [3.63, 3.8) is 0 Å². The molecule has 1 aromatic heterocycles. The van der Waals surface area contributed by atoms with Crippen LogP contribution in [0.2, 0.25) is 0 Å². The van der Waals surface area contributed by atoms with Gasteiger partial charge in [0.2, 0.25) is 0 Å². The van der Waals surface area contributed by atoms with E-state index in [4.69, 9.17) is 5.73 Å². The van der Waals surface area contributed by atoms with Crippen molar-refractivity contribution in [1.82, 2.24) is 10.2 Å². The van der Waals surface area contributed by atoms with E-state index in [9.17, 15) is 4.39 Å². The molecule has 0 atom stereocenters. The number of H-pyrrole nitrogens is 1. The zero-order chi connectivity index (χ0) is 8.72. The third kappa shape index (κ3) is 1.04. The highest BCUT2D eigenvalue weighted by Gasteiger charge is 2.07. The van der Waals surface area contributed by atoms with Crippen molar-refractivity contribution in [3.05, 3.63) is 21.7 Å². The average Bonchev–Trinajstić information content (AvgIpc) is 2.33. The van der Waals surface area contributed by atoms with Crippen LogP contribution in [0.5, 0.6) is 0 Å². The van der Waals surface area contributed by atoms with E-state index >= 15 is 0 Å². The maximum atomic E-state index is 13.1. The van der Waals surface area contributed by atoms with Crippen molar-refractivity contribution in [1.29, 1.82) is 0 Å². The van der Waals surface area contributed by atoms with Crippen LogP contribution >= 0.6 is 22.6 Å². The number of fused-ring (bicyclic) bond motifs is 1. The van der Waals surface area contributed by atoms with Crippen LogP contribution in [0.4, 0.5) is 10.1 Å². The van der Waals surface area contributed by atoms with E-state index in [-0.39, 0.29) is 5.82 Å². The lowest BCUT2D eigenvalue weighted by molar-refractivity contribution is 0.637. The number of benzene rings is 1. The summed E-state index contributed by atoms with van der Waals surface area (Å²) in [5, 5.41) is 7.21. The predicted molar refractivity (Wildman–Crippen MR) is 53.2 cm³/mol. The molecule has 62 valence electrons. The zero-order valence-electron chi connectivity index (χ0n) is 5.94. The SMILES string of the molecule is Nc1cc(F)c2n[nH]c(I)c2c1. The number of rotatable bonds is 0. The van der Waals surface area contributed by atoms with Gasteiger partial charge in [0.15, 0.2) is 5.82 Å². The molecule has 12 heavy (non-hydrogen) atoms. The van der Waals surface area contributed by atoms with Gasteiger partial charge in [-0.3, -0.25) is 5.10 Å². The third-order valence-electron chi connectivity index (χ3n) is 1.59. The lowest BCUT2D eigenvalue weighted by Gasteiger charge is -1.94. The molecule has 2 aromatic rings. The summed E-state index contributed by atoms with van der Waals surface area (Å²) < 4.78 is 13.9. The highest BCUT2D eigenvalue weighted by molar-refractivity contribution is 14.1. The Balaban J connectivity index is 2.92. The minimum atomic E-state index is -0.385. The number of hydrogen-bond acceptors (Lipinski definition) is 2. The van der Waals surface area contributed by atoms with Crippen molar-refractivity contribution in [2.75, 3.05) is 5.73 Å². The van der Waals surface area contributed by atoms with Crippen LogP contribution in [0.3, 0.4) is 0 Å². The van der Waals surface area contributed by atoms with E-state index in [2.05, 4.69) is 10.2 Å². The summed E-state index contributed by atoms with van der Waals surface area (Å²) >= 11 is 2.05. The Morgan fingerprint density at radius 1 is 1.50 bits per heavy atom. The van der Waals surface area contributed by atoms with E-state index in [0.717, 1.165) is 9.09 Å². The Hall–Kier alpha value is -0.850. The predicted octanol–water partition coefficient (Wildman–Crippen LogP) is 1.89. The van der Waals surface area contributed by atoms with E-state index in [1.54, 1.807) is 6.07 Å². The van der Waals surface area contributed by atoms with Gasteiger partial charge in [-0.05, 0) is 34.7 Å². The molecule has 1 heterocycles. The van der Waals surface area contributed by atoms with Crippen LogP contribution in [0.15, 0.2) is 12.1 Å². The highest BCUT2D eigenvalue weighted by atomic mass is 127. The molecule has 5 heteroatoms. The van der Waals surface area contributed by atoms with Crippen LogP contribution in [0.25, 0.3) is 10.9 Å². The summed E-state index contributed by atoms with van der Waals surface area (Å²) in [6.07, 6.45) is 0. The summed E-state index contributed by atoms with van der Waals surface area (Å²) in [6.45, 7) is 0. The maximum Gasteiger partial charge on any atom is 0.153 e. The Morgan fingerprint density at radius 2 is 2.25 bits per heavy atom. The molecular weight excluding hydrogens is 272 g/mol. The average molecular weight is 277 g/mol. The summed E-state index contributed by atoms with van der Waals surface area (Å²) in [4.78, 5) is 0. The fourth-order valence-corrected chi connectivity index (χ4v) is 1.60. The van der Waals surface area contributed by atoms with Gasteiger partial charge in [0.1, 0.15) is 9.22 Å². The number of nitrogens with two attached hydrogens (primary N) is 1. The summed E-state index contributed by atoms with van der Waals surface area (Å²) in [5.41, 5.74) is 6.23. The van der Waals surface area contributed by atoms with E-state index in [1.165, 1.54) is 6.07 Å². The lowest BCUT2D eigenvalue weighted by atomic mass is 10.2. The van der Waals surface area contributed by atoms with Crippen LogP contribution < -0.4 is 5.73 Å². The van der Waals surface area contributed by atoms with E-state index in [1.807, 2.05) is 22.6 Å². The Kier molecular flexibility index (Phi) is 1.67. The van der Waals surface area contributed by atoms with Gasteiger partial charge in [-0.15, -0.1) is 0 Å². The van der Waals surface area contributed by atoms with Gasteiger partial charge in [-0.2, -0.15) is 5.10 Å². The number of halogens is 2. The van der Waals surface area contributed by atoms with Crippen molar-refractivity contribution >= 4 is 39.2 Å². The van der Waals surface area contributed by atoms with Crippen molar-refractivity contribution in [2.45, 2.75) is 0 Å². The first kappa shape index (κ1) is 7.78. The molecular formula is C7H5FIN3. The fraction of sp³-hybridized carbons (Fsp3) is 0. The maximum absolute atomic E-state index is 13.1. The first-order valence-electron chi connectivity index (χ1n) is 3.27. The van der Waals surface area contributed by atoms with Crippen molar-refractivity contribution < 1.29 is 4.39 Å². The van der Waals surface area contributed by atoms with Crippen LogP contribution in [-0.4, -0.2) is 10.2 Å². The molecule has 3 N–H and O–H groups in total.